The number of hydrogen-bond donors (Lipinski definition) is 1. The molecule has 0 aromatic heterocycles. The van der Waals surface area contributed by atoms with Gasteiger partial charge in [0.15, 0.2) is 17.5 Å². The molecule has 0 aromatic rings. The molecule has 8 heteroatoms. The highest BCUT2D eigenvalue weighted by Crippen LogP contribution is 2.75. The Bertz CT molecular complexity index is 1210. The molecule has 5 rings (SSSR count). The van der Waals surface area contributed by atoms with Crippen molar-refractivity contribution in [1.82, 2.24) is 0 Å². The molecule has 0 amide bonds. The molecule has 2 saturated heterocycles. The van der Waals surface area contributed by atoms with Crippen LogP contribution < -0.4 is 0 Å². The average molecular weight is 485 g/mol. The zero-order valence-corrected chi connectivity index (χ0v) is 21.2. The van der Waals surface area contributed by atoms with Crippen molar-refractivity contribution in [3.8, 4) is 0 Å². The predicted molar refractivity (Wildman–Crippen MR) is 123 cm³/mol. The van der Waals surface area contributed by atoms with Crippen LogP contribution in [0.25, 0.3) is 0 Å². The van der Waals surface area contributed by atoms with Crippen LogP contribution in [0.5, 0.6) is 0 Å². The quantitative estimate of drug-likeness (QED) is 0.343. The fraction of sp³-hybridized carbons (Fsp3) is 0.630. The van der Waals surface area contributed by atoms with E-state index < -0.39 is 63.0 Å². The van der Waals surface area contributed by atoms with Gasteiger partial charge in [0.25, 0.3) is 0 Å². The van der Waals surface area contributed by atoms with Gasteiger partial charge in [-0.3, -0.25) is 14.4 Å². The van der Waals surface area contributed by atoms with Crippen molar-refractivity contribution in [3.63, 3.8) is 0 Å². The SMILES string of the molecule is C=C1[C@@]23C(=O)O[C@H](C)[C@@]2(O)C(=O)O[C@]1(C)[C@@H](OC(C)=O)C1=C(C)[C@]2(C=CC(=O)C2(C)C)CC[C@@]13C. The summed E-state index contributed by atoms with van der Waals surface area (Å²) in [5.41, 5.74) is -7.02. The van der Waals surface area contributed by atoms with E-state index in [9.17, 15) is 24.3 Å². The molecule has 3 aliphatic carbocycles. The van der Waals surface area contributed by atoms with Gasteiger partial charge in [0, 0.05) is 23.2 Å². The Balaban J connectivity index is 1.92. The first kappa shape index (κ1) is 24.0. The van der Waals surface area contributed by atoms with E-state index in [4.69, 9.17) is 14.2 Å². The highest BCUT2D eigenvalue weighted by atomic mass is 16.6. The van der Waals surface area contributed by atoms with E-state index in [1.54, 1.807) is 19.9 Å². The molecule has 0 unspecified atom stereocenters. The molecule has 188 valence electrons. The predicted octanol–water partition coefficient (Wildman–Crippen LogP) is 2.73. The third-order valence-electron chi connectivity index (χ3n) is 10.2. The summed E-state index contributed by atoms with van der Waals surface area (Å²) in [5.74, 6) is -2.37. The first-order valence-electron chi connectivity index (χ1n) is 12.0. The molecular formula is C27H32O8. The monoisotopic (exact) mass is 484 g/mol. The van der Waals surface area contributed by atoms with E-state index in [1.807, 2.05) is 26.8 Å². The Morgan fingerprint density at radius 1 is 1.14 bits per heavy atom. The maximum Gasteiger partial charge on any atom is 0.344 e. The number of aliphatic hydroxyl groups is 1. The van der Waals surface area contributed by atoms with Gasteiger partial charge in [0.2, 0.25) is 5.60 Å². The zero-order chi connectivity index (χ0) is 26.1. The van der Waals surface area contributed by atoms with Gasteiger partial charge in [-0.25, -0.2) is 4.79 Å². The molecule has 35 heavy (non-hydrogen) atoms. The first-order chi connectivity index (χ1) is 16.0. The maximum absolute atomic E-state index is 13.8. The minimum atomic E-state index is -2.32. The lowest BCUT2D eigenvalue weighted by atomic mass is 9.37. The Hall–Kier alpha value is -2.74. The number of allylic oxidation sites excluding steroid dienone is 3. The van der Waals surface area contributed by atoms with Gasteiger partial charge < -0.3 is 19.3 Å². The number of esters is 3. The average Bonchev–Trinajstić information content (AvgIpc) is 3.10. The van der Waals surface area contributed by atoms with Gasteiger partial charge in [-0.15, -0.1) is 0 Å². The summed E-state index contributed by atoms with van der Waals surface area (Å²) < 4.78 is 17.3. The number of fused-ring (bicyclic) bond motifs is 2. The third kappa shape index (κ3) is 2.12. The molecule has 0 radical (unpaired) electrons. The number of rotatable bonds is 1. The van der Waals surface area contributed by atoms with Gasteiger partial charge in [-0.2, -0.15) is 0 Å². The van der Waals surface area contributed by atoms with Crippen molar-refractivity contribution >= 4 is 23.7 Å². The van der Waals surface area contributed by atoms with E-state index in [0.29, 0.717) is 18.4 Å². The second kappa shape index (κ2) is 6.33. The number of carbonyl (C=O) groups excluding carboxylic acids is 4. The summed E-state index contributed by atoms with van der Waals surface area (Å²) in [4.78, 5) is 52.5. The van der Waals surface area contributed by atoms with Crippen LogP contribution in [0, 0.1) is 21.7 Å². The molecule has 1 saturated carbocycles. The molecule has 3 fully saturated rings. The van der Waals surface area contributed by atoms with E-state index >= 15 is 0 Å². The molecule has 2 aliphatic heterocycles. The minimum absolute atomic E-state index is 0.0216. The van der Waals surface area contributed by atoms with Gasteiger partial charge in [-0.05, 0) is 50.8 Å². The summed E-state index contributed by atoms with van der Waals surface area (Å²) in [5, 5.41) is 12.0. The molecule has 0 aromatic carbocycles. The highest BCUT2D eigenvalue weighted by molar-refractivity contribution is 6.02. The molecule has 2 bridgehead atoms. The van der Waals surface area contributed by atoms with Crippen molar-refractivity contribution in [2.24, 2.45) is 21.7 Å². The molecular weight excluding hydrogens is 452 g/mol. The second-order valence-electron chi connectivity index (χ2n) is 11.7. The Kier molecular flexibility index (Phi) is 4.33. The summed E-state index contributed by atoms with van der Waals surface area (Å²) >= 11 is 0. The van der Waals surface area contributed by atoms with Crippen LogP contribution in [-0.4, -0.2) is 52.2 Å². The van der Waals surface area contributed by atoms with Crippen LogP contribution in [0.1, 0.15) is 61.3 Å². The lowest BCUT2D eigenvalue weighted by molar-refractivity contribution is -0.243. The van der Waals surface area contributed by atoms with Crippen molar-refractivity contribution in [1.29, 1.82) is 0 Å². The molecule has 7 atom stereocenters. The van der Waals surface area contributed by atoms with E-state index in [1.165, 1.54) is 13.8 Å². The van der Waals surface area contributed by atoms with Crippen molar-refractivity contribution in [2.45, 2.75) is 84.7 Å². The highest BCUT2D eigenvalue weighted by Gasteiger charge is 2.87. The van der Waals surface area contributed by atoms with Crippen LogP contribution in [0.4, 0.5) is 0 Å². The van der Waals surface area contributed by atoms with Gasteiger partial charge in [0.05, 0.1) is 0 Å². The summed E-state index contributed by atoms with van der Waals surface area (Å²) in [6.45, 7) is 15.9. The number of carbonyl (C=O) groups is 4. The molecule has 1 N–H and O–H groups in total. The van der Waals surface area contributed by atoms with Gasteiger partial charge in [-0.1, -0.05) is 39.0 Å². The van der Waals surface area contributed by atoms with Crippen LogP contribution >= 0.6 is 0 Å². The lowest BCUT2D eigenvalue weighted by Crippen LogP contribution is -2.78. The smallest absolute Gasteiger partial charge is 0.344 e. The van der Waals surface area contributed by atoms with Crippen molar-refractivity contribution in [2.75, 3.05) is 0 Å². The van der Waals surface area contributed by atoms with Crippen LogP contribution in [-0.2, 0) is 33.4 Å². The summed E-state index contributed by atoms with van der Waals surface area (Å²) in [6, 6.07) is 0. The normalized spacial score (nSPS) is 47.4. The third-order valence-corrected chi connectivity index (χ3v) is 10.2. The van der Waals surface area contributed by atoms with E-state index in [-0.39, 0.29) is 11.4 Å². The Morgan fingerprint density at radius 3 is 2.31 bits per heavy atom. The number of ketones is 1. The number of ether oxygens (including phenoxy) is 3. The van der Waals surface area contributed by atoms with Crippen molar-refractivity contribution in [3.05, 3.63) is 35.5 Å². The first-order valence-corrected chi connectivity index (χ1v) is 12.0. The Labute approximate surface area is 204 Å². The maximum atomic E-state index is 13.8. The number of hydrogen-bond acceptors (Lipinski definition) is 8. The minimum Gasteiger partial charge on any atom is -0.458 e. The van der Waals surface area contributed by atoms with Crippen molar-refractivity contribution < 1.29 is 38.5 Å². The van der Waals surface area contributed by atoms with Crippen LogP contribution in [0.15, 0.2) is 35.5 Å². The fourth-order valence-corrected chi connectivity index (χ4v) is 8.12. The van der Waals surface area contributed by atoms with Gasteiger partial charge >= 0.3 is 17.9 Å². The largest absolute Gasteiger partial charge is 0.458 e. The van der Waals surface area contributed by atoms with Crippen LogP contribution in [0.2, 0.25) is 0 Å². The summed E-state index contributed by atoms with van der Waals surface area (Å²) in [6.07, 6.45) is 1.99. The molecule has 8 nitrogen and oxygen atoms in total. The molecule has 2 spiro atoms. The number of cyclic esters (lactones) is 1. The standard InChI is InChI=1S/C27H32O8/c1-13-18-19(34-16(4)28)24(8)14(2)26(20(30)33-15(3)27(26,32)21(31)35-24)23(18,7)11-12-25(13)10-9-17(29)22(25,5)6/h9-10,15,19,32H,2,11-12H2,1,3-8H3/t15-,19+,23+,24+,25+,26+,27-/m1/s1. The van der Waals surface area contributed by atoms with Gasteiger partial charge in [0.1, 0.15) is 11.5 Å². The van der Waals surface area contributed by atoms with E-state index in [2.05, 4.69) is 6.58 Å². The topological polar surface area (TPSA) is 116 Å². The zero-order valence-electron chi connectivity index (χ0n) is 21.2. The second-order valence-corrected chi connectivity index (χ2v) is 11.7. The summed E-state index contributed by atoms with van der Waals surface area (Å²) in [7, 11) is 0. The fourth-order valence-electron chi connectivity index (χ4n) is 8.12. The Morgan fingerprint density at radius 2 is 1.77 bits per heavy atom. The van der Waals surface area contributed by atoms with E-state index in [0.717, 1.165) is 5.57 Å². The molecule has 2 heterocycles. The lowest BCUT2D eigenvalue weighted by Gasteiger charge is -2.67. The van der Waals surface area contributed by atoms with Crippen LogP contribution in [0.3, 0.4) is 0 Å². The molecule has 5 aliphatic rings.